The molecule has 0 saturated heterocycles. The zero-order valence-electron chi connectivity index (χ0n) is 22.1. The first-order valence-corrected chi connectivity index (χ1v) is 13.6. The Labute approximate surface area is 239 Å². The van der Waals surface area contributed by atoms with Crippen molar-refractivity contribution in [2.24, 2.45) is 0 Å². The van der Waals surface area contributed by atoms with Crippen molar-refractivity contribution in [3.05, 3.63) is 112 Å². The highest BCUT2D eigenvalue weighted by Crippen LogP contribution is 2.46. The lowest BCUT2D eigenvalue weighted by atomic mass is 9.79. The van der Waals surface area contributed by atoms with Crippen LogP contribution in [0.15, 0.2) is 67.1 Å². The van der Waals surface area contributed by atoms with Gasteiger partial charge in [-0.3, -0.25) is 17.9 Å². The van der Waals surface area contributed by atoms with E-state index in [4.69, 9.17) is 8.16 Å². The number of halogens is 2. The van der Waals surface area contributed by atoms with Crippen molar-refractivity contribution in [3.63, 3.8) is 0 Å². The number of benzene rings is 2. The normalized spacial score (nSPS) is 13.0. The van der Waals surface area contributed by atoms with Crippen molar-refractivity contribution in [2.45, 2.75) is 46.3 Å². The minimum Gasteiger partial charge on any atom is -0.293 e. The lowest BCUT2D eigenvalue weighted by Crippen LogP contribution is -2.33. The molecule has 1 atom stereocenters. The van der Waals surface area contributed by atoms with Crippen LogP contribution in [0, 0.1) is 19.7 Å². The third kappa shape index (κ3) is 4.61. The number of aromatic nitrogens is 5. The molecule has 0 bridgehead atoms. The predicted octanol–water partition coefficient (Wildman–Crippen LogP) is 6.17. The summed E-state index contributed by atoms with van der Waals surface area (Å²) < 4.78 is 25.2. The van der Waals surface area contributed by atoms with Crippen LogP contribution in [0.5, 0.6) is 0 Å². The molecule has 200 valence electrons. The number of hydrogen-bond acceptors (Lipinski definition) is 5. The molecule has 3 aromatic heterocycles. The SMILES string of the molecule is CCc1c(C(OI)(c2ccccc2C)c2ccccc2F)nn2cc(C)c(C(=O)Nc3ncn(CC)n3)cc12. The molecule has 5 aromatic rings. The lowest BCUT2D eigenvalue weighted by Gasteiger charge is -2.33. The van der Waals surface area contributed by atoms with E-state index in [0.717, 1.165) is 27.8 Å². The van der Waals surface area contributed by atoms with Gasteiger partial charge in [-0.05, 0) is 56.0 Å². The number of amides is 1. The van der Waals surface area contributed by atoms with Crippen molar-refractivity contribution < 1.29 is 12.3 Å². The van der Waals surface area contributed by atoms with Crippen LogP contribution in [0.2, 0.25) is 0 Å². The van der Waals surface area contributed by atoms with Crippen LogP contribution in [0.25, 0.3) is 5.52 Å². The second-order valence-corrected chi connectivity index (χ2v) is 9.75. The summed E-state index contributed by atoms with van der Waals surface area (Å²) in [7, 11) is 0. The van der Waals surface area contributed by atoms with Crippen LogP contribution in [-0.4, -0.2) is 30.3 Å². The van der Waals surface area contributed by atoms with Gasteiger partial charge in [0.15, 0.2) is 5.60 Å². The van der Waals surface area contributed by atoms with Crippen LogP contribution in [0.1, 0.15) is 57.7 Å². The number of nitrogens with zero attached hydrogens (tertiary/aromatic N) is 5. The van der Waals surface area contributed by atoms with E-state index in [-0.39, 0.29) is 11.9 Å². The average Bonchev–Trinajstić information content (AvgIpc) is 3.54. The third-order valence-corrected chi connectivity index (χ3v) is 7.64. The summed E-state index contributed by atoms with van der Waals surface area (Å²) in [5, 5.41) is 12.0. The standard InChI is InChI=1S/C29H28FIN6O2/c1-5-20-25-15-21(27(38)33-28-32-17-36(6-2)35-28)19(4)16-37(25)34-26(20)29(39-31,22-12-8-7-11-18(22)3)23-13-9-10-14-24(23)30/h7-17H,5-6H2,1-4H3,(H,33,35,38). The Morgan fingerprint density at radius 1 is 1.05 bits per heavy atom. The molecule has 1 unspecified atom stereocenters. The van der Waals surface area contributed by atoms with E-state index in [2.05, 4.69) is 15.4 Å². The van der Waals surface area contributed by atoms with E-state index in [0.29, 0.717) is 29.8 Å². The highest BCUT2D eigenvalue weighted by molar-refractivity contribution is 14.1. The largest absolute Gasteiger partial charge is 0.293 e. The smallest absolute Gasteiger partial charge is 0.258 e. The Kier molecular flexibility index (Phi) is 7.50. The molecule has 0 spiro atoms. The van der Waals surface area contributed by atoms with Gasteiger partial charge in [-0.2, -0.15) is 5.10 Å². The molecule has 1 amide bonds. The maximum atomic E-state index is 15.5. The van der Waals surface area contributed by atoms with Crippen LogP contribution < -0.4 is 5.32 Å². The van der Waals surface area contributed by atoms with Crippen LogP contribution >= 0.6 is 23.0 Å². The minimum atomic E-state index is -1.33. The number of hydrogen-bond donors (Lipinski definition) is 1. The Bertz CT molecular complexity index is 1630. The van der Waals surface area contributed by atoms with Gasteiger partial charge in [-0.15, -0.1) is 5.10 Å². The fourth-order valence-corrected chi connectivity index (χ4v) is 5.70. The van der Waals surface area contributed by atoms with E-state index in [1.807, 2.05) is 87.2 Å². The molecule has 0 aliphatic carbocycles. The van der Waals surface area contributed by atoms with E-state index in [9.17, 15) is 4.79 Å². The van der Waals surface area contributed by atoms with Gasteiger partial charge < -0.3 is 0 Å². The summed E-state index contributed by atoms with van der Waals surface area (Å²) in [5.74, 6) is -0.479. The first kappa shape index (κ1) is 26.9. The monoisotopic (exact) mass is 638 g/mol. The zero-order valence-corrected chi connectivity index (χ0v) is 24.2. The Morgan fingerprint density at radius 3 is 2.41 bits per heavy atom. The molecule has 0 radical (unpaired) electrons. The summed E-state index contributed by atoms with van der Waals surface area (Å²) in [6, 6.07) is 16.2. The molecular weight excluding hydrogens is 610 g/mol. The van der Waals surface area contributed by atoms with E-state index < -0.39 is 11.4 Å². The first-order chi connectivity index (χ1) is 18.8. The van der Waals surface area contributed by atoms with Gasteiger partial charge in [-0.1, -0.05) is 49.4 Å². The number of carbonyl (C=O) groups excluding carboxylic acids is 1. The quantitative estimate of drug-likeness (QED) is 0.206. The topological polar surface area (TPSA) is 86.3 Å². The molecule has 0 aliphatic rings. The van der Waals surface area contributed by atoms with Gasteiger partial charge in [-0.25, -0.2) is 13.9 Å². The zero-order chi connectivity index (χ0) is 27.7. The molecule has 5 rings (SSSR count). The van der Waals surface area contributed by atoms with Gasteiger partial charge in [0.05, 0.1) is 5.52 Å². The van der Waals surface area contributed by atoms with Gasteiger partial charge in [0.25, 0.3) is 5.91 Å². The van der Waals surface area contributed by atoms with Crippen molar-refractivity contribution in [1.29, 1.82) is 0 Å². The Hall–Kier alpha value is -3.64. The molecule has 0 saturated carbocycles. The van der Waals surface area contributed by atoms with Crippen molar-refractivity contribution in [2.75, 3.05) is 5.32 Å². The molecule has 3 heterocycles. The number of fused-ring (bicyclic) bond motifs is 1. The van der Waals surface area contributed by atoms with Crippen LogP contribution in [0.4, 0.5) is 10.3 Å². The number of pyridine rings is 1. The second-order valence-electron chi connectivity index (χ2n) is 9.31. The highest BCUT2D eigenvalue weighted by Gasteiger charge is 2.45. The Balaban J connectivity index is 1.73. The van der Waals surface area contributed by atoms with Crippen molar-refractivity contribution in [3.8, 4) is 0 Å². The highest BCUT2D eigenvalue weighted by atomic mass is 127. The summed E-state index contributed by atoms with van der Waals surface area (Å²) in [4.78, 5) is 17.4. The molecule has 8 nitrogen and oxygen atoms in total. The maximum absolute atomic E-state index is 15.5. The number of carbonyl (C=O) groups is 1. The molecule has 0 aliphatic heterocycles. The summed E-state index contributed by atoms with van der Waals surface area (Å²) in [6.45, 7) is 8.43. The number of nitrogens with one attached hydrogen (secondary N) is 1. The average molecular weight is 638 g/mol. The number of anilines is 1. The third-order valence-electron chi connectivity index (χ3n) is 6.98. The van der Waals surface area contributed by atoms with Gasteiger partial charge in [0, 0.05) is 29.4 Å². The molecule has 10 heteroatoms. The first-order valence-electron chi connectivity index (χ1n) is 12.7. The van der Waals surface area contributed by atoms with E-state index in [1.54, 1.807) is 33.7 Å². The number of rotatable bonds is 8. The second kappa shape index (κ2) is 10.9. The summed E-state index contributed by atoms with van der Waals surface area (Å²) >= 11 is 1.85. The van der Waals surface area contributed by atoms with Gasteiger partial charge in [0.1, 0.15) is 40.8 Å². The molecule has 2 aromatic carbocycles. The fraction of sp³-hybridized carbons (Fsp3) is 0.241. The summed E-state index contributed by atoms with van der Waals surface area (Å²) in [5.41, 5.74) is 4.09. The van der Waals surface area contributed by atoms with Gasteiger partial charge in [0.2, 0.25) is 5.95 Å². The van der Waals surface area contributed by atoms with E-state index in [1.165, 1.54) is 6.07 Å². The van der Waals surface area contributed by atoms with Crippen molar-refractivity contribution >= 4 is 40.4 Å². The van der Waals surface area contributed by atoms with Crippen molar-refractivity contribution in [1.82, 2.24) is 24.4 Å². The summed E-state index contributed by atoms with van der Waals surface area (Å²) in [6.07, 6.45) is 3.96. The molecule has 0 fully saturated rings. The minimum absolute atomic E-state index is 0.238. The fourth-order valence-electron chi connectivity index (χ4n) is 5.02. The molecular formula is C29H28FIN6O2. The van der Waals surface area contributed by atoms with E-state index >= 15 is 4.39 Å². The molecule has 1 N–H and O–H groups in total. The van der Waals surface area contributed by atoms with Gasteiger partial charge >= 0.3 is 0 Å². The van der Waals surface area contributed by atoms with Crippen LogP contribution in [-0.2, 0) is 21.6 Å². The molecule has 39 heavy (non-hydrogen) atoms. The van der Waals surface area contributed by atoms with Crippen LogP contribution in [0.3, 0.4) is 0 Å². The number of aryl methyl sites for hydroxylation is 4. The maximum Gasteiger partial charge on any atom is 0.258 e. The Morgan fingerprint density at radius 2 is 1.77 bits per heavy atom. The lowest BCUT2D eigenvalue weighted by molar-refractivity contribution is 0.102. The predicted molar refractivity (Wildman–Crippen MR) is 156 cm³/mol.